The minimum Gasteiger partial charge on any atom is -0.513 e. The SMILES string of the molecule is C/C(O)=C\c1ccc(C2(c3ccc(Oc4ccc(C5(c6ccc7cc(O)c(C(C)C)cc7c6)c6ccccc6-c6ccccc65)cc4)cc3)c3ccccc3-c3ccccc32)cc1C. The van der Waals surface area contributed by atoms with E-state index < -0.39 is 10.8 Å². The second kappa shape index (κ2) is 15.0. The summed E-state index contributed by atoms with van der Waals surface area (Å²) in [5, 5.41) is 23.1. The molecule has 310 valence electrons. The van der Waals surface area contributed by atoms with Crippen molar-refractivity contribution < 1.29 is 14.9 Å². The van der Waals surface area contributed by atoms with Crippen molar-refractivity contribution in [2.24, 2.45) is 0 Å². The Labute approximate surface area is 375 Å². The first-order valence-electron chi connectivity index (χ1n) is 22.2. The quantitative estimate of drug-likeness (QED) is 0.150. The molecule has 0 spiro atoms. The molecule has 2 aliphatic carbocycles. The molecule has 2 aliphatic rings. The summed E-state index contributed by atoms with van der Waals surface area (Å²) < 4.78 is 6.69. The molecule has 9 aromatic carbocycles. The van der Waals surface area contributed by atoms with Gasteiger partial charge in [0.1, 0.15) is 17.2 Å². The highest BCUT2D eigenvalue weighted by Crippen LogP contribution is 2.58. The van der Waals surface area contributed by atoms with Gasteiger partial charge in [-0.05, 0) is 163 Å². The molecule has 64 heavy (non-hydrogen) atoms. The number of allylic oxidation sites excluding steroid dienone is 1. The molecule has 0 atom stereocenters. The summed E-state index contributed by atoms with van der Waals surface area (Å²) in [6.45, 7) is 8.07. The number of aliphatic hydroxyl groups excluding tert-OH is 1. The van der Waals surface area contributed by atoms with E-state index in [2.05, 4.69) is 209 Å². The van der Waals surface area contributed by atoms with Crippen molar-refractivity contribution in [2.75, 3.05) is 0 Å². The Morgan fingerprint density at radius 3 is 1.34 bits per heavy atom. The van der Waals surface area contributed by atoms with Gasteiger partial charge in [-0.15, -0.1) is 0 Å². The average molecular weight is 829 g/mol. The molecule has 9 aromatic rings. The lowest BCUT2D eigenvalue weighted by Crippen LogP contribution is -2.28. The van der Waals surface area contributed by atoms with Crippen LogP contribution in [0.4, 0.5) is 0 Å². The van der Waals surface area contributed by atoms with Gasteiger partial charge < -0.3 is 14.9 Å². The monoisotopic (exact) mass is 828 g/mol. The maximum atomic E-state index is 10.9. The Morgan fingerprint density at radius 2 is 0.906 bits per heavy atom. The third-order valence-electron chi connectivity index (χ3n) is 13.8. The van der Waals surface area contributed by atoms with E-state index in [1.807, 2.05) is 12.1 Å². The number of fused-ring (bicyclic) bond motifs is 7. The van der Waals surface area contributed by atoms with Gasteiger partial charge in [-0.3, -0.25) is 0 Å². The molecule has 11 rings (SSSR count). The van der Waals surface area contributed by atoms with Crippen LogP contribution >= 0.6 is 0 Å². The van der Waals surface area contributed by atoms with Gasteiger partial charge in [0.05, 0.1) is 16.6 Å². The molecule has 0 heterocycles. The van der Waals surface area contributed by atoms with Gasteiger partial charge in [-0.1, -0.05) is 166 Å². The molecule has 0 bridgehead atoms. The van der Waals surface area contributed by atoms with Crippen LogP contribution in [0.15, 0.2) is 200 Å². The Hall–Kier alpha value is -7.62. The van der Waals surface area contributed by atoms with Crippen LogP contribution in [-0.4, -0.2) is 10.2 Å². The summed E-state index contributed by atoms with van der Waals surface area (Å²) in [7, 11) is 0. The van der Waals surface area contributed by atoms with Crippen molar-refractivity contribution >= 4 is 16.8 Å². The van der Waals surface area contributed by atoms with Crippen LogP contribution in [0.2, 0.25) is 0 Å². The average Bonchev–Trinajstić information content (AvgIpc) is 3.78. The zero-order chi connectivity index (χ0) is 43.7. The first-order valence-corrected chi connectivity index (χ1v) is 22.2. The summed E-state index contributed by atoms with van der Waals surface area (Å²) in [5.74, 6) is 2.33. The van der Waals surface area contributed by atoms with Crippen molar-refractivity contribution in [2.45, 2.75) is 44.4 Å². The molecule has 0 unspecified atom stereocenters. The molecular weight excluding hydrogens is 781 g/mol. The maximum absolute atomic E-state index is 10.9. The summed E-state index contributed by atoms with van der Waals surface area (Å²) in [5.41, 5.74) is 16.5. The molecule has 0 radical (unpaired) electrons. The molecule has 2 N–H and O–H groups in total. The van der Waals surface area contributed by atoms with Crippen LogP contribution < -0.4 is 4.74 Å². The first kappa shape index (κ1) is 39.2. The van der Waals surface area contributed by atoms with Crippen molar-refractivity contribution in [3.05, 3.63) is 261 Å². The standard InChI is InChI=1S/C61H48O3/c1-38(2)54-36-43-35-47(24-22-42(43)37-59(54)63)61(57-19-11-7-15-52(57)53-16-8-12-20-58(53)61)45-27-31-49(32-28-45)64-48-29-25-44(26-30-48)60(46-23-21-41(34-40(4)62)39(3)33-46)55-17-9-5-13-50(55)51-14-6-10-18-56(51)60/h5-38,62-63H,1-4H3/b40-34+. The van der Waals surface area contributed by atoms with E-state index in [0.29, 0.717) is 5.75 Å². The molecule has 0 aromatic heterocycles. The zero-order valence-corrected chi connectivity index (χ0v) is 36.4. The molecule has 0 fully saturated rings. The number of aliphatic hydroxyl groups is 1. The van der Waals surface area contributed by atoms with Gasteiger partial charge in [-0.2, -0.15) is 0 Å². The van der Waals surface area contributed by atoms with Gasteiger partial charge in [0.15, 0.2) is 0 Å². The Morgan fingerprint density at radius 1 is 0.484 bits per heavy atom. The van der Waals surface area contributed by atoms with Crippen LogP contribution in [0.3, 0.4) is 0 Å². The highest BCUT2D eigenvalue weighted by molar-refractivity contribution is 5.91. The predicted octanol–water partition coefficient (Wildman–Crippen LogP) is 15.4. The number of benzene rings is 9. The fourth-order valence-electron chi connectivity index (χ4n) is 11.0. The molecule has 0 aliphatic heterocycles. The molecular formula is C61H48O3. The van der Waals surface area contributed by atoms with Crippen LogP contribution in [0.25, 0.3) is 39.1 Å². The molecule has 0 saturated carbocycles. The van der Waals surface area contributed by atoms with E-state index in [1.165, 1.54) is 55.6 Å². The van der Waals surface area contributed by atoms with Gasteiger partial charge in [0.2, 0.25) is 0 Å². The topological polar surface area (TPSA) is 49.7 Å². The third kappa shape index (κ3) is 5.88. The summed E-state index contributed by atoms with van der Waals surface area (Å²) in [4.78, 5) is 0. The lowest BCUT2D eigenvalue weighted by Gasteiger charge is -2.34. The number of aromatic hydroxyl groups is 1. The van der Waals surface area contributed by atoms with E-state index >= 15 is 0 Å². The predicted molar refractivity (Wildman–Crippen MR) is 262 cm³/mol. The summed E-state index contributed by atoms with van der Waals surface area (Å²) >= 11 is 0. The van der Waals surface area contributed by atoms with Crippen molar-refractivity contribution in [3.63, 3.8) is 0 Å². The van der Waals surface area contributed by atoms with Crippen molar-refractivity contribution in [1.29, 1.82) is 0 Å². The van der Waals surface area contributed by atoms with Gasteiger partial charge in [0.25, 0.3) is 0 Å². The number of aryl methyl sites for hydroxylation is 1. The number of ether oxygens (including phenoxy) is 1. The van der Waals surface area contributed by atoms with E-state index in [4.69, 9.17) is 4.74 Å². The Balaban J connectivity index is 0.998. The van der Waals surface area contributed by atoms with Gasteiger partial charge in [-0.25, -0.2) is 0 Å². The number of hydrogen-bond donors (Lipinski definition) is 2. The zero-order valence-electron chi connectivity index (χ0n) is 36.4. The molecule has 0 saturated heterocycles. The van der Waals surface area contributed by atoms with Gasteiger partial charge in [0, 0.05) is 0 Å². The van der Waals surface area contributed by atoms with Crippen molar-refractivity contribution in [1.82, 2.24) is 0 Å². The number of rotatable bonds is 8. The van der Waals surface area contributed by atoms with Crippen LogP contribution in [0.5, 0.6) is 17.2 Å². The number of phenols is 1. The fourth-order valence-corrected chi connectivity index (χ4v) is 11.0. The Bertz CT molecular complexity index is 3220. The Kier molecular flexibility index (Phi) is 9.22. The lowest BCUT2D eigenvalue weighted by atomic mass is 9.67. The summed E-state index contributed by atoms with van der Waals surface area (Å²) in [6.07, 6.45) is 1.82. The maximum Gasteiger partial charge on any atom is 0.127 e. The second-order valence-corrected chi connectivity index (χ2v) is 17.8. The fraction of sp³-hybridized carbons (Fsp3) is 0.115. The van der Waals surface area contributed by atoms with E-state index in [1.54, 1.807) is 6.92 Å². The minimum atomic E-state index is -0.580. The minimum absolute atomic E-state index is 0.192. The van der Waals surface area contributed by atoms with Crippen LogP contribution in [-0.2, 0) is 10.8 Å². The summed E-state index contributed by atoms with van der Waals surface area (Å²) in [6, 6.07) is 69.8. The van der Waals surface area contributed by atoms with Crippen LogP contribution in [0.1, 0.15) is 87.9 Å². The highest BCUT2D eigenvalue weighted by Gasteiger charge is 2.47. The van der Waals surface area contributed by atoms with Crippen LogP contribution in [0, 0.1) is 6.92 Å². The highest BCUT2D eigenvalue weighted by atomic mass is 16.5. The number of hydrogen-bond acceptors (Lipinski definition) is 3. The van der Waals surface area contributed by atoms with Gasteiger partial charge >= 0.3 is 0 Å². The van der Waals surface area contributed by atoms with Crippen molar-refractivity contribution in [3.8, 4) is 39.5 Å². The smallest absolute Gasteiger partial charge is 0.127 e. The molecule has 3 heteroatoms. The lowest BCUT2D eigenvalue weighted by molar-refractivity contribution is 0.420. The molecule has 0 amide bonds. The van der Waals surface area contributed by atoms with E-state index in [-0.39, 0.29) is 11.7 Å². The largest absolute Gasteiger partial charge is 0.513 e. The van der Waals surface area contributed by atoms with E-state index in [0.717, 1.165) is 50.1 Å². The first-order chi connectivity index (χ1) is 31.2. The normalized spacial score (nSPS) is 14.2. The number of phenolic OH excluding ortho intramolecular Hbond substituents is 1. The second-order valence-electron chi connectivity index (χ2n) is 17.8. The molecule has 3 nitrogen and oxygen atoms in total. The van der Waals surface area contributed by atoms with E-state index in [9.17, 15) is 10.2 Å². The third-order valence-corrected chi connectivity index (χ3v) is 13.8.